The minimum atomic E-state index is -4.09. The van der Waals surface area contributed by atoms with Crippen LogP contribution in [0.5, 0.6) is 0 Å². The van der Waals surface area contributed by atoms with Crippen molar-refractivity contribution in [3.63, 3.8) is 0 Å². The molecule has 462 valence electrons. The molecule has 0 radical (unpaired) electrons. The lowest BCUT2D eigenvalue weighted by molar-refractivity contribution is -0.121. The number of aromatic nitrogens is 2. The third-order valence-corrected chi connectivity index (χ3v) is 22.3. The van der Waals surface area contributed by atoms with Crippen LogP contribution >= 0.6 is 0 Å². The molecule has 2 N–H and O–H groups in total. The van der Waals surface area contributed by atoms with Crippen LogP contribution in [0.25, 0.3) is 0 Å². The number of pyridine rings is 2. The number of hydrogen-bond donors (Lipinski definition) is 2. The van der Waals surface area contributed by atoms with Gasteiger partial charge in [0.05, 0.1) is 45.6 Å². The SMILES string of the molecule is C[C@@H]1CN(CC(=O)N2CC(C)(C)c3ncc(Cc4ccc(F)cc4)cc32)[C@@H](CN2CCN(S(=O)(=O)c3cccc(S(=O)(=O)N4CCN(C[C@H]5CN[C@H](C)CN5CC(=O)N5CC(C)(C)c6ncc(Cc7ccc(F)cc7)cc65)[C@H](C)C4)c3)C[C@H]2C)CN1. The second-order valence-electron chi connectivity index (χ2n) is 26.4. The largest absolute Gasteiger partial charge is 0.311 e. The Kier molecular flexibility index (Phi) is 17.8. The summed E-state index contributed by atoms with van der Waals surface area (Å²) in [5.74, 6) is -0.594. The molecule has 0 bridgehead atoms. The van der Waals surface area contributed by atoms with Gasteiger partial charge in [0.15, 0.2) is 0 Å². The number of anilines is 2. The number of nitrogens with one attached hydrogen (secondary N) is 2. The molecule has 0 aliphatic carbocycles. The topological polar surface area (TPSA) is 178 Å². The highest BCUT2D eigenvalue weighted by Gasteiger charge is 2.44. The first kappa shape index (κ1) is 62.0. The molecular weight excluding hydrogens is 1130 g/mol. The summed E-state index contributed by atoms with van der Waals surface area (Å²) in [4.78, 5) is 51.3. The summed E-state index contributed by atoms with van der Waals surface area (Å²) in [7, 11) is -8.18. The molecule has 6 aliphatic heterocycles. The summed E-state index contributed by atoms with van der Waals surface area (Å²) in [6.45, 7) is 23.8. The van der Waals surface area contributed by atoms with Gasteiger partial charge < -0.3 is 20.4 Å². The first-order valence-electron chi connectivity index (χ1n) is 30.4. The maximum absolute atomic E-state index is 14.5. The second kappa shape index (κ2) is 24.7. The van der Waals surface area contributed by atoms with Gasteiger partial charge in [0.2, 0.25) is 31.9 Å². The monoisotopic (exact) mass is 1220 g/mol. The van der Waals surface area contributed by atoms with Gasteiger partial charge in [-0.1, -0.05) is 58.0 Å². The van der Waals surface area contributed by atoms with E-state index < -0.39 is 20.0 Å². The molecule has 6 aliphatic rings. The Morgan fingerprint density at radius 2 is 0.930 bits per heavy atom. The number of fused-ring (bicyclic) bond motifs is 2. The molecule has 4 fully saturated rings. The fourth-order valence-electron chi connectivity index (χ4n) is 13.7. The zero-order chi connectivity index (χ0) is 61.0. The Hall–Kier alpha value is -5.66. The quantitative estimate of drug-likeness (QED) is 0.130. The molecule has 18 nitrogen and oxygen atoms in total. The summed E-state index contributed by atoms with van der Waals surface area (Å²) in [5.41, 5.74) is 6.47. The smallest absolute Gasteiger partial charge is 0.243 e. The lowest BCUT2D eigenvalue weighted by atomic mass is 9.91. The van der Waals surface area contributed by atoms with E-state index in [1.54, 1.807) is 24.3 Å². The van der Waals surface area contributed by atoms with Gasteiger partial charge >= 0.3 is 0 Å². The normalized spacial score (nSPS) is 25.3. The molecule has 3 aromatic carbocycles. The third kappa shape index (κ3) is 13.2. The van der Waals surface area contributed by atoms with Crippen molar-refractivity contribution in [1.82, 2.24) is 48.8 Å². The molecule has 11 rings (SSSR count). The van der Waals surface area contributed by atoms with Gasteiger partial charge in [-0.25, -0.2) is 25.6 Å². The average Bonchev–Trinajstić information content (AvgIpc) is 1.79. The Morgan fingerprint density at radius 1 is 0.535 bits per heavy atom. The minimum absolute atomic E-state index is 0.00769. The van der Waals surface area contributed by atoms with Gasteiger partial charge in [-0.05, 0) is 117 Å². The lowest BCUT2D eigenvalue weighted by Gasteiger charge is -2.45. The number of rotatable bonds is 16. The van der Waals surface area contributed by atoms with Crippen molar-refractivity contribution in [2.24, 2.45) is 0 Å². The van der Waals surface area contributed by atoms with Crippen LogP contribution in [0.2, 0.25) is 0 Å². The number of halogens is 2. The molecule has 2 aromatic heterocycles. The first-order chi connectivity index (χ1) is 40.8. The number of nitrogens with zero attached hydrogens (tertiary/aromatic N) is 10. The lowest BCUT2D eigenvalue weighted by Crippen LogP contribution is -2.63. The number of benzene rings is 3. The van der Waals surface area contributed by atoms with E-state index in [2.05, 4.69) is 71.8 Å². The van der Waals surface area contributed by atoms with E-state index in [1.807, 2.05) is 48.2 Å². The van der Waals surface area contributed by atoms with Crippen LogP contribution in [0.3, 0.4) is 0 Å². The predicted molar refractivity (Wildman–Crippen MR) is 329 cm³/mol. The standard InChI is InChI=1S/C64H84F2N12O6S2/c1-43-33-73(39-59(79)77-41-63(5,6)61-57(77)26-49(29-69-61)24-47-12-16-51(65)17-13-47)53(31-67-43)37-71-20-22-75(35-45(71)3)85(81,82)55-10-9-11-56(28-55)86(83,84)76-23-21-72(46(4)36-76)38-54-32-68-44(2)34-74(54)40-60(80)78-42-64(7,8)62-58(78)27-50(30-70-62)25-48-14-18-52(66)19-15-48/h9-19,26-30,43-46,53-54,67-68H,20-25,31-42H2,1-8H3/t43-,44-,45-,46-,53-,54-/m1/s1. The molecule has 4 saturated heterocycles. The van der Waals surface area contributed by atoms with Crippen molar-refractivity contribution in [2.75, 3.05) is 115 Å². The Bertz CT molecular complexity index is 3320. The van der Waals surface area contributed by atoms with Crippen molar-refractivity contribution >= 4 is 43.2 Å². The Labute approximate surface area is 507 Å². The Balaban J connectivity index is 0.692. The molecule has 6 atom stereocenters. The molecule has 0 unspecified atom stereocenters. The highest BCUT2D eigenvalue weighted by atomic mass is 32.2. The number of amides is 2. The number of carbonyl (C=O) groups is 2. The van der Waals surface area contributed by atoms with Crippen LogP contribution in [0.15, 0.2) is 107 Å². The fraction of sp³-hybridized carbons (Fsp3) is 0.531. The predicted octanol–water partition coefficient (Wildman–Crippen LogP) is 5.30. The van der Waals surface area contributed by atoms with Gasteiger partial charge in [-0.3, -0.25) is 39.2 Å². The highest BCUT2D eigenvalue weighted by molar-refractivity contribution is 7.90. The van der Waals surface area contributed by atoms with Crippen LogP contribution in [0, 0.1) is 11.6 Å². The van der Waals surface area contributed by atoms with Gasteiger partial charge in [-0.15, -0.1) is 0 Å². The van der Waals surface area contributed by atoms with Gasteiger partial charge in [-0.2, -0.15) is 8.61 Å². The van der Waals surface area contributed by atoms with Crippen LogP contribution in [-0.4, -0.2) is 208 Å². The van der Waals surface area contributed by atoms with E-state index in [0.29, 0.717) is 78.3 Å². The van der Waals surface area contributed by atoms with Crippen LogP contribution in [0.4, 0.5) is 20.2 Å². The maximum Gasteiger partial charge on any atom is 0.243 e. The highest BCUT2D eigenvalue weighted by Crippen LogP contribution is 2.42. The van der Waals surface area contributed by atoms with Crippen molar-refractivity contribution in [3.05, 3.63) is 143 Å². The van der Waals surface area contributed by atoms with E-state index in [9.17, 15) is 35.2 Å². The summed E-state index contributed by atoms with van der Waals surface area (Å²) in [6.07, 6.45) is 4.83. The number of hydrogen-bond acceptors (Lipinski definition) is 14. The summed E-state index contributed by atoms with van der Waals surface area (Å²) in [6, 6.07) is 22.7. The molecule has 0 saturated carbocycles. The number of carbonyl (C=O) groups excluding carboxylic acids is 2. The van der Waals surface area contributed by atoms with Crippen LogP contribution < -0.4 is 20.4 Å². The van der Waals surface area contributed by atoms with E-state index in [-0.39, 0.29) is 120 Å². The fourth-order valence-corrected chi connectivity index (χ4v) is 16.9. The zero-order valence-electron chi connectivity index (χ0n) is 50.9. The van der Waals surface area contributed by atoms with Crippen molar-refractivity contribution in [1.29, 1.82) is 0 Å². The molecule has 5 aromatic rings. The molecule has 8 heterocycles. The molecule has 2 amide bonds. The number of piperazine rings is 4. The number of sulfonamides is 2. The zero-order valence-corrected chi connectivity index (χ0v) is 52.6. The van der Waals surface area contributed by atoms with Crippen molar-refractivity contribution < 1.29 is 35.2 Å². The van der Waals surface area contributed by atoms with Gasteiger partial charge in [0, 0.05) is 151 Å². The van der Waals surface area contributed by atoms with E-state index in [1.165, 1.54) is 57.1 Å². The van der Waals surface area contributed by atoms with E-state index >= 15 is 0 Å². The molecule has 86 heavy (non-hydrogen) atoms. The van der Waals surface area contributed by atoms with E-state index in [4.69, 9.17) is 9.97 Å². The summed E-state index contributed by atoms with van der Waals surface area (Å²) >= 11 is 0. The van der Waals surface area contributed by atoms with Gasteiger partial charge in [0.25, 0.3) is 0 Å². The van der Waals surface area contributed by atoms with Gasteiger partial charge in [0.1, 0.15) is 11.6 Å². The summed E-state index contributed by atoms with van der Waals surface area (Å²) < 4.78 is 88.2. The summed E-state index contributed by atoms with van der Waals surface area (Å²) in [5, 5.41) is 7.21. The molecular formula is C64H84F2N12O6S2. The van der Waals surface area contributed by atoms with Crippen molar-refractivity contribution in [2.45, 2.75) is 125 Å². The molecule has 22 heteroatoms. The van der Waals surface area contributed by atoms with Crippen LogP contribution in [-0.2, 0) is 53.3 Å². The maximum atomic E-state index is 14.5. The van der Waals surface area contributed by atoms with Crippen LogP contribution in [0.1, 0.15) is 89.0 Å². The minimum Gasteiger partial charge on any atom is -0.311 e. The Morgan fingerprint density at radius 3 is 1.31 bits per heavy atom. The van der Waals surface area contributed by atoms with Crippen molar-refractivity contribution in [3.8, 4) is 0 Å². The molecule has 0 spiro atoms. The second-order valence-corrected chi connectivity index (χ2v) is 30.3. The average molecular weight is 1220 g/mol. The third-order valence-electron chi connectivity index (χ3n) is 18.6. The first-order valence-corrected chi connectivity index (χ1v) is 33.3. The van der Waals surface area contributed by atoms with E-state index in [0.717, 1.165) is 45.0 Å².